The molecular weight excluding hydrogens is 624 g/mol. The number of ether oxygens (including phenoxy) is 3. The summed E-state index contributed by atoms with van der Waals surface area (Å²) in [7, 11) is 3.39. The first-order chi connectivity index (χ1) is 23.6. The molecule has 0 aliphatic heterocycles. The lowest BCUT2D eigenvalue weighted by atomic mass is 9.96. The lowest BCUT2D eigenvalue weighted by Gasteiger charge is -2.13. The van der Waals surface area contributed by atoms with Crippen LogP contribution in [0.25, 0.3) is 12.2 Å². The summed E-state index contributed by atoms with van der Waals surface area (Å²) in [4.78, 5) is 21.9. The highest BCUT2D eigenvalue weighted by Crippen LogP contribution is 2.29. The molecule has 1 N–H and O–H groups in total. The van der Waals surface area contributed by atoms with E-state index in [4.69, 9.17) is 19.3 Å². The summed E-state index contributed by atoms with van der Waals surface area (Å²) in [6.07, 6.45) is 22.5. The number of carboxylic acids is 1. The molecule has 0 saturated heterocycles. The van der Waals surface area contributed by atoms with E-state index in [2.05, 4.69) is 78.0 Å². The lowest BCUT2D eigenvalue weighted by Crippen LogP contribution is -1.99. The average molecular weight is 681 g/mol. The van der Waals surface area contributed by atoms with Crippen LogP contribution in [0.15, 0.2) is 95.2 Å². The normalized spacial score (nSPS) is 13.0. The first kappa shape index (κ1) is 42.9. The zero-order chi connectivity index (χ0) is 38.0. The van der Waals surface area contributed by atoms with Gasteiger partial charge in [0.1, 0.15) is 11.5 Å². The van der Waals surface area contributed by atoms with E-state index in [0.29, 0.717) is 12.2 Å². The third-order valence-electron chi connectivity index (χ3n) is 8.10. The Morgan fingerprint density at radius 2 is 1.02 bits per heavy atom. The van der Waals surface area contributed by atoms with E-state index in [1.54, 1.807) is 34.1 Å². The third kappa shape index (κ3) is 14.6. The quantitative estimate of drug-likeness (QED) is 0.129. The predicted molar refractivity (Wildman–Crippen MR) is 210 cm³/mol. The van der Waals surface area contributed by atoms with Crippen molar-refractivity contribution in [3.63, 3.8) is 0 Å². The second kappa shape index (κ2) is 21.8. The van der Waals surface area contributed by atoms with Crippen molar-refractivity contribution in [3.8, 4) is 11.5 Å². The number of carbonyl (C=O) groups is 2. The van der Waals surface area contributed by atoms with Crippen LogP contribution in [-0.2, 0) is 14.3 Å². The monoisotopic (exact) mass is 680 g/mol. The van der Waals surface area contributed by atoms with Gasteiger partial charge in [0.2, 0.25) is 0 Å². The van der Waals surface area contributed by atoms with Crippen LogP contribution >= 0.6 is 0 Å². The molecule has 268 valence electrons. The SMILES string of the molecule is CCOC(=O)/C=C(C)/C=C/C=C(C)/C=C/c1c(C)cc(OC)c(C)c1C.COc1cc(C)c(/C=C/C(C)=C/C=C/C(C)=C/C(=O)O)c(C)c1C. The number of methoxy groups -OCH3 is 2. The Hall–Kier alpha value is -5.10. The molecule has 2 rings (SSSR count). The molecule has 0 saturated carbocycles. The van der Waals surface area contributed by atoms with Crippen LogP contribution < -0.4 is 9.47 Å². The van der Waals surface area contributed by atoms with Crippen LogP contribution in [0.1, 0.15) is 79.1 Å². The van der Waals surface area contributed by atoms with E-state index in [0.717, 1.165) is 33.8 Å². The fraction of sp³-hybridized carbons (Fsp3) is 0.318. The summed E-state index contributed by atoms with van der Waals surface area (Å²) < 4.78 is 15.7. The van der Waals surface area contributed by atoms with Crippen molar-refractivity contribution in [2.45, 2.75) is 76.2 Å². The van der Waals surface area contributed by atoms with Crippen LogP contribution in [0.5, 0.6) is 11.5 Å². The number of carboxylic acid groups (broad SMARTS) is 1. The van der Waals surface area contributed by atoms with Crippen LogP contribution in [0.2, 0.25) is 0 Å². The van der Waals surface area contributed by atoms with Gasteiger partial charge in [-0.1, -0.05) is 71.9 Å². The Kier molecular flexibility index (Phi) is 18.7. The Balaban J connectivity index is 0.000000502. The number of hydrogen-bond acceptors (Lipinski definition) is 5. The van der Waals surface area contributed by atoms with Gasteiger partial charge in [0.25, 0.3) is 0 Å². The van der Waals surface area contributed by atoms with Gasteiger partial charge >= 0.3 is 11.9 Å². The molecule has 0 radical (unpaired) electrons. The van der Waals surface area contributed by atoms with Gasteiger partial charge in [0.05, 0.1) is 20.8 Å². The molecule has 2 aromatic rings. The van der Waals surface area contributed by atoms with Gasteiger partial charge in [-0.2, -0.15) is 0 Å². The Labute approximate surface area is 300 Å². The van der Waals surface area contributed by atoms with Crippen molar-refractivity contribution in [3.05, 3.63) is 140 Å². The zero-order valence-electron chi connectivity index (χ0n) is 32.3. The van der Waals surface area contributed by atoms with Gasteiger partial charge in [-0.15, -0.1) is 0 Å². The molecule has 2 aromatic carbocycles. The van der Waals surface area contributed by atoms with Crippen molar-refractivity contribution in [1.82, 2.24) is 0 Å². The molecule has 6 nitrogen and oxygen atoms in total. The minimum atomic E-state index is -0.932. The molecule has 0 bridgehead atoms. The van der Waals surface area contributed by atoms with Gasteiger partial charge in [-0.3, -0.25) is 0 Å². The number of benzene rings is 2. The molecule has 0 unspecified atom stereocenters. The summed E-state index contributed by atoms with van der Waals surface area (Å²) in [5.41, 5.74) is 13.3. The zero-order valence-corrected chi connectivity index (χ0v) is 32.3. The first-order valence-electron chi connectivity index (χ1n) is 16.7. The van der Waals surface area contributed by atoms with Crippen molar-refractivity contribution in [2.75, 3.05) is 20.8 Å². The highest BCUT2D eigenvalue weighted by Gasteiger charge is 2.09. The van der Waals surface area contributed by atoms with E-state index in [9.17, 15) is 9.59 Å². The molecule has 0 spiro atoms. The van der Waals surface area contributed by atoms with E-state index >= 15 is 0 Å². The van der Waals surface area contributed by atoms with Crippen LogP contribution in [0.3, 0.4) is 0 Å². The molecule has 0 heterocycles. The van der Waals surface area contributed by atoms with E-state index in [1.165, 1.54) is 51.1 Å². The number of carbonyl (C=O) groups excluding carboxylic acids is 1. The maximum absolute atomic E-state index is 11.4. The molecule has 0 aliphatic rings. The van der Waals surface area contributed by atoms with E-state index < -0.39 is 5.97 Å². The predicted octanol–water partition coefficient (Wildman–Crippen LogP) is 10.8. The van der Waals surface area contributed by atoms with Crippen molar-refractivity contribution in [1.29, 1.82) is 0 Å². The lowest BCUT2D eigenvalue weighted by molar-refractivity contribution is -0.137. The van der Waals surface area contributed by atoms with E-state index in [-0.39, 0.29) is 5.97 Å². The first-order valence-corrected chi connectivity index (χ1v) is 16.7. The summed E-state index contributed by atoms with van der Waals surface area (Å²) in [6, 6.07) is 4.13. The number of aliphatic carboxylic acids is 1. The Morgan fingerprint density at radius 1 is 0.620 bits per heavy atom. The molecule has 50 heavy (non-hydrogen) atoms. The van der Waals surface area contributed by atoms with Gasteiger partial charge < -0.3 is 19.3 Å². The van der Waals surface area contributed by atoms with Gasteiger partial charge in [-0.25, -0.2) is 9.59 Å². The van der Waals surface area contributed by atoms with Crippen LogP contribution in [0, 0.1) is 41.5 Å². The molecule has 0 aliphatic carbocycles. The Morgan fingerprint density at radius 3 is 1.38 bits per heavy atom. The molecule has 0 atom stereocenters. The number of rotatable bonds is 13. The standard InChI is InChI=1S/C23H30O3.C21H26O3/c1-8-26-23(24)14-17(3)11-9-10-16(2)12-13-21-18(4)15-22(25-7)20(6)19(21)5;1-14(8-7-9-15(2)12-21(22)23)10-11-19-16(3)13-20(24-6)18(5)17(19)4/h9-15H,8H2,1-7H3;7-13H,1-6H3,(H,22,23)/b11-9+,13-12+,16-10+,17-14+;9-7+,11-10+,14-8+,15-12+. The number of aryl methyl sites for hydroxylation is 2. The summed E-state index contributed by atoms with van der Waals surface area (Å²) in [6.45, 7) is 22.4. The third-order valence-corrected chi connectivity index (χ3v) is 8.10. The second-order valence-electron chi connectivity index (χ2n) is 12.2. The molecule has 0 fully saturated rings. The second-order valence-corrected chi connectivity index (χ2v) is 12.2. The van der Waals surface area contributed by atoms with Gasteiger partial charge in [0, 0.05) is 12.2 Å². The van der Waals surface area contributed by atoms with Crippen LogP contribution in [-0.4, -0.2) is 37.9 Å². The maximum atomic E-state index is 11.4. The maximum Gasteiger partial charge on any atom is 0.330 e. The van der Waals surface area contributed by atoms with Gasteiger partial charge in [0.15, 0.2) is 0 Å². The highest BCUT2D eigenvalue weighted by molar-refractivity contribution is 5.83. The van der Waals surface area contributed by atoms with E-state index in [1.807, 2.05) is 51.2 Å². The average Bonchev–Trinajstić information content (AvgIpc) is 3.04. The fourth-order valence-corrected chi connectivity index (χ4v) is 4.97. The topological polar surface area (TPSA) is 82.1 Å². The number of hydrogen-bond donors (Lipinski definition) is 1. The van der Waals surface area contributed by atoms with Crippen molar-refractivity contribution in [2.24, 2.45) is 0 Å². The Bertz CT molecular complexity index is 1750. The fourth-order valence-electron chi connectivity index (χ4n) is 4.97. The van der Waals surface area contributed by atoms with Gasteiger partial charge in [-0.05, 0) is 144 Å². The molecular formula is C44H56O6. The summed E-state index contributed by atoms with van der Waals surface area (Å²) in [5.74, 6) is 0.601. The number of esters is 1. The smallest absolute Gasteiger partial charge is 0.330 e. The largest absolute Gasteiger partial charge is 0.496 e. The molecule has 0 amide bonds. The van der Waals surface area contributed by atoms with Crippen molar-refractivity contribution < 1.29 is 28.9 Å². The van der Waals surface area contributed by atoms with Crippen LogP contribution in [0.4, 0.5) is 0 Å². The summed E-state index contributed by atoms with van der Waals surface area (Å²) >= 11 is 0. The minimum Gasteiger partial charge on any atom is -0.496 e. The highest BCUT2D eigenvalue weighted by atomic mass is 16.5. The minimum absolute atomic E-state index is 0.309. The van der Waals surface area contributed by atoms with Crippen molar-refractivity contribution >= 4 is 24.1 Å². The summed E-state index contributed by atoms with van der Waals surface area (Å²) in [5, 5.41) is 8.67. The molecule has 0 aromatic heterocycles. The molecule has 6 heteroatoms. The number of allylic oxidation sites excluding steroid dienone is 12.